The van der Waals surface area contributed by atoms with Gasteiger partial charge in [-0.1, -0.05) is 31.7 Å². The highest BCUT2D eigenvalue weighted by Crippen LogP contribution is 2.52. The summed E-state index contributed by atoms with van der Waals surface area (Å²) in [6.07, 6.45) is 5.04. The van der Waals surface area contributed by atoms with Crippen LogP contribution >= 0.6 is 0 Å². The lowest BCUT2D eigenvalue weighted by Crippen LogP contribution is -2.55. The number of anilines is 2. The van der Waals surface area contributed by atoms with Gasteiger partial charge in [0.2, 0.25) is 5.91 Å². The molecule has 0 bridgehead atoms. The summed E-state index contributed by atoms with van der Waals surface area (Å²) in [5, 5.41) is 9.54. The third-order valence-electron chi connectivity index (χ3n) is 10.3. The zero-order valence-electron chi connectivity index (χ0n) is 25.5. The minimum Gasteiger partial charge on any atom is -0.462 e. The first-order valence-electron chi connectivity index (χ1n) is 15.4. The van der Waals surface area contributed by atoms with E-state index in [1.54, 1.807) is 4.90 Å². The largest absolute Gasteiger partial charge is 0.462 e. The number of hydrogen-bond acceptors (Lipinski definition) is 9. The van der Waals surface area contributed by atoms with E-state index in [9.17, 15) is 14.9 Å². The number of nitriles is 1. The van der Waals surface area contributed by atoms with Crippen LogP contribution in [0.2, 0.25) is 0 Å². The summed E-state index contributed by atoms with van der Waals surface area (Å²) in [5.41, 5.74) is 3.04. The molecule has 2 aromatic rings. The van der Waals surface area contributed by atoms with Crippen LogP contribution in [-0.4, -0.2) is 97.0 Å². The number of likely N-dealkylation sites (N-methyl/N-ethyl adjacent to an activating group) is 1. The van der Waals surface area contributed by atoms with E-state index < -0.39 is 5.41 Å². The number of likely N-dealkylation sites (tertiary alicyclic amines) is 1. The summed E-state index contributed by atoms with van der Waals surface area (Å²) < 4.78 is 6.25. The molecule has 0 N–H and O–H groups in total. The molecule has 1 aromatic heterocycles. The monoisotopic (exact) mass is 583 g/mol. The number of nitrogens with zero attached hydrogens (tertiary/aromatic N) is 7. The van der Waals surface area contributed by atoms with Crippen LogP contribution < -0.4 is 14.5 Å². The number of fused-ring (bicyclic) bond motifs is 2. The lowest BCUT2D eigenvalue weighted by molar-refractivity contribution is -0.128. The van der Waals surface area contributed by atoms with Crippen molar-refractivity contribution in [1.82, 2.24) is 19.8 Å². The van der Waals surface area contributed by atoms with E-state index in [-0.39, 0.29) is 42.1 Å². The van der Waals surface area contributed by atoms with Crippen molar-refractivity contribution < 1.29 is 14.3 Å². The summed E-state index contributed by atoms with van der Waals surface area (Å²) >= 11 is 0. The second kappa shape index (κ2) is 11.6. The van der Waals surface area contributed by atoms with Crippen LogP contribution in [0.5, 0.6) is 6.01 Å². The Morgan fingerprint density at radius 2 is 2.02 bits per heavy atom. The molecule has 226 valence electrons. The van der Waals surface area contributed by atoms with Gasteiger partial charge in [-0.15, -0.1) is 0 Å². The number of Topliss-reactive ketones (excluding diaryl/α,β-unsaturated/α-hetero) is 1. The Morgan fingerprint density at radius 3 is 2.77 bits per heavy atom. The van der Waals surface area contributed by atoms with Gasteiger partial charge in [0.15, 0.2) is 5.78 Å². The van der Waals surface area contributed by atoms with Crippen molar-refractivity contribution in [2.75, 3.05) is 63.2 Å². The summed E-state index contributed by atoms with van der Waals surface area (Å²) in [6.45, 7) is 9.34. The molecule has 1 amide bonds. The number of ketones is 1. The molecule has 0 saturated carbocycles. The molecule has 4 aliphatic rings. The van der Waals surface area contributed by atoms with Crippen LogP contribution in [0, 0.1) is 16.7 Å². The molecule has 4 heterocycles. The Balaban J connectivity index is 1.38. The van der Waals surface area contributed by atoms with E-state index in [4.69, 9.17) is 14.7 Å². The fraction of sp³-hybridized carbons (Fsp3) is 0.545. The normalized spacial score (nSPS) is 27.1. The van der Waals surface area contributed by atoms with Crippen LogP contribution in [0.3, 0.4) is 0 Å². The molecule has 1 spiro atoms. The summed E-state index contributed by atoms with van der Waals surface area (Å²) in [5.74, 6) is 0.586. The number of ether oxygens (including phenoxy) is 1. The number of piperazine rings is 1. The van der Waals surface area contributed by atoms with Crippen LogP contribution in [0.25, 0.3) is 0 Å². The maximum absolute atomic E-state index is 14.7. The molecule has 1 aliphatic carbocycles. The molecule has 4 atom stereocenters. The maximum Gasteiger partial charge on any atom is 0.319 e. The van der Waals surface area contributed by atoms with Gasteiger partial charge < -0.3 is 24.3 Å². The van der Waals surface area contributed by atoms with Crippen molar-refractivity contribution in [2.24, 2.45) is 5.41 Å². The van der Waals surface area contributed by atoms with Gasteiger partial charge in [0.1, 0.15) is 18.1 Å². The smallest absolute Gasteiger partial charge is 0.319 e. The number of hydrogen-bond donors (Lipinski definition) is 0. The van der Waals surface area contributed by atoms with E-state index in [0.717, 1.165) is 24.9 Å². The number of para-hydroxylation sites is 1. The van der Waals surface area contributed by atoms with Crippen molar-refractivity contribution in [3.8, 4) is 12.1 Å². The number of carbonyl (C=O) groups excluding carboxylic acids is 2. The quantitative estimate of drug-likeness (QED) is 0.473. The van der Waals surface area contributed by atoms with E-state index in [0.29, 0.717) is 57.1 Å². The minimum absolute atomic E-state index is 0.0314. The molecule has 3 unspecified atom stereocenters. The molecular weight excluding hydrogens is 542 g/mol. The summed E-state index contributed by atoms with van der Waals surface area (Å²) in [6, 6.07) is 10.8. The lowest BCUT2D eigenvalue weighted by atomic mass is 9.61. The average Bonchev–Trinajstić information content (AvgIpc) is 3.44. The molecule has 6 rings (SSSR count). The van der Waals surface area contributed by atoms with E-state index in [2.05, 4.69) is 60.5 Å². The van der Waals surface area contributed by atoms with Crippen LogP contribution in [0.1, 0.15) is 60.1 Å². The Labute approximate surface area is 253 Å². The molecular formula is C33H41N7O3. The molecule has 3 aliphatic heterocycles. The standard InChI is InChI=1S/C33H41N7O3/c1-5-28(41)40-18-17-39(19-23(40)13-15-34)31-26-12-14-33(21-38(4)27-11-7-6-10-25(27)22(33)2)30(42)29(26)35-32(36-31)43-20-24-9-8-16-37(24)3/h5-7,10-11,22-24H,1,8-9,12-14,16-21H2,2-4H3/t22?,23?,24?,33-/m1/s1. The molecule has 0 radical (unpaired) electrons. The van der Waals surface area contributed by atoms with Crippen LogP contribution in [0.15, 0.2) is 36.9 Å². The first-order valence-corrected chi connectivity index (χ1v) is 15.4. The van der Waals surface area contributed by atoms with Crippen molar-refractivity contribution >= 4 is 23.2 Å². The molecule has 10 heteroatoms. The second-order valence-corrected chi connectivity index (χ2v) is 12.6. The van der Waals surface area contributed by atoms with Gasteiger partial charge in [0.05, 0.1) is 23.9 Å². The van der Waals surface area contributed by atoms with Crippen molar-refractivity contribution in [1.29, 1.82) is 5.26 Å². The average molecular weight is 584 g/mol. The van der Waals surface area contributed by atoms with Crippen molar-refractivity contribution in [3.63, 3.8) is 0 Å². The van der Waals surface area contributed by atoms with Crippen molar-refractivity contribution in [2.45, 2.75) is 57.0 Å². The van der Waals surface area contributed by atoms with Gasteiger partial charge in [-0.25, -0.2) is 0 Å². The topological polar surface area (TPSA) is 106 Å². The number of amides is 1. The Kier molecular flexibility index (Phi) is 7.86. The lowest BCUT2D eigenvalue weighted by Gasteiger charge is -2.49. The van der Waals surface area contributed by atoms with Gasteiger partial charge >= 0.3 is 6.01 Å². The predicted octanol–water partition coefficient (Wildman–Crippen LogP) is 3.44. The van der Waals surface area contributed by atoms with E-state index >= 15 is 0 Å². The maximum atomic E-state index is 14.7. The minimum atomic E-state index is -0.608. The molecule has 10 nitrogen and oxygen atoms in total. The molecule has 1 aromatic carbocycles. The molecule has 2 fully saturated rings. The first-order chi connectivity index (χ1) is 20.8. The third-order valence-corrected chi connectivity index (χ3v) is 10.3. The van der Waals surface area contributed by atoms with Crippen LogP contribution in [0.4, 0.5) is 11.5 Å². The molecule has 43 heavy (non-hydrogen) atoms. The third kappa shape index (κ3) is 5.03. The van der Waals surface area contributed by atoms with Gasteiger partial charge in [0, 0.05) is 50.5 Å². The van der Waals surface area contributed by atoms with Crippen molar-refractivity contribution in [3.05, 3.63) is 53.7 Å². The van der Waals surface area contributed by atoms with Gasteiger partial charge in [0.25, 0.3) is 0 Å². The van der Waals surface area contributed by atoms with Gasteiger partial charge in [-0.3, -0.25) is 9.59 Å². The highest BCUT2D eigenvalue weighted by atomic mass is 16.5. The predicted molar refractivity (Wildman–Crippen MR) is 165 cm³/mol. The highest BCUT2D eigenvalue weighted by molar-refractivity contribution is 6.04. The van der Waals surface area contributed by atoms with E-state index in [1.165, 1.54) is 17.3 Å². The van der Waals surface area contributed by atoms with Gasteiger partial charge in [-0.2, -0.15) is 15.2 Å². The van der Waals surface area contributed by atoms with Crippen LogP contribution in [-0.2, 0) is 11.2 Å². The van der Waals surface area contributed by atoms with E-state index in [1.807, 2.05) is 12.1 Å². The highest BCUT2D eigenvalue weighted by Gasteiger charge is 2.52. The number of rotatable bonds is 6. The van der Waals surface area contributed by atoms with Gasteiger partial charge in [-0.05, 0) is 62.9 Å². The Bertz CT molecular complexity index is 1470. The first kappa shape index (κ1) is 29.1. The zero-order chi connectivity index (χ0) is 30.3. The zero-order valence-corrected chi connectivity index (χ0v) is 25.5. The SMILES string of the molecule is C=CC(=O)N1CCN(c2nc(OCC3CCCN3C)nc3c2CC[C@]2(CN(C)c4ccccc4C2C)C3=O)CC1CC#N. The Morgan fingerprint density at radius 1 is 1.21 bits per heavy atom. The fourth-order valence-electron chi connectivity index (χ4n) is 7.70. The second-order valence-electron chi connectivity index (χ2n) is 12.6. The molecule has 2 saturated heterocycles. The Hall–Kier alpha value is -3.97. The number of aromatic nitrogens is 2. The number of benzene rings is 1. The fourth-order valence-corrected chi connectivity index (χ4v) is 7.70. The summed E-state index contributed by atoms with van der Waals surface area (Å²) in [4.78, 5) is 45.3. The summed E-state index contributed by atoms with van der Waals surface area (Å²) in [7, 11) is 4.16. The number of carbonyl (C=O) groups is 2.